The Bertz CT molecular complexity index is 784. The molecule has 1 aliphatic carbocycles. The van der Waals surface area contributed by atoms with E-state index in [1.807, 2.05) is 0 Å². The number of rotatable bonds is 3. The lowest BCUT2D eigenvalue weighted by molar-refractivity contribution is -0.0725. The van der Waals surface area contributed by atoms with Crippen molar-refractivity contribution >= 4 is 5.91 Å². The fourth-order valence-electron chi connectivity index (χ4n) is 6.92. The standard InChI is InChI=1S/C24H35N3O2/c28-23-14-18(9-10-25-23)24(29)26-15-19-13-20(16-26)22(12-17-6-2-1-3-7-17)27-11-5-4-8-21(19)27/h9-10,14,17,19-22H,1-8,11-13,15-16H2,(H,25,28)/t19-,20+,21+,22+/m1/s1. The maximum absolute atomic E-state index is 13.2. The fourth-order valence-corrected chi connectivity index (χ4v) is 6.92. The first-order valence-electron chi connectivity index (χ1n) is 11.9. The number of aromatic amines is 1. The van der Waals surface area contributed by atoms with Crippen LogP contribution >= 0.6 is 0 Å². The maximum atomic E-state index is 13.2. The molecule has 158 valence electrons. The SMILES string of the molecule is O=C(c1cc[nH]c(=O)c1)N1C[C@H]2C[C@@H](C1)[C@H](CC1CCCCC1)N1CCCC[C@@H]21. The number of carbonyl (C=O) groups is 1. The van der Waals surface area contributed by atoms with Crippen molar-refractivity contribution < 1.29 is 4.79 Å². The van der Waals surface area contributed by atoms with Gasteiger partial charge in [-0.2, -0.15) is 0 Å². The zero-order valence-corrected chi connectivity index (χ0v) is 17.5. The summed E-state index contributed by atoms with van der Waals surface area (Å²) in [6, 6.07) is 4.51. The highest BCUT2D eigenvalue weighted by atomic mass is 16.2. The van der Waals surface area contributed by atoms with E-state index < -0.39 is 0 Å². The largest absolute Gasteiger partial charge is 0.338 e. The average Bonchev–Trinajstić information content (AvgIpc) is 2.77. The summed E-state index contributed by atoms with van der Waals surface area (Å²) < 4.78 is 0. The quantitative estimate of drug-likeness (QED) is 0.847. The molecule has 4 aliphatic rings. The summed E-state index contributed by atoms with van der Waals surface area (Å²) in [5.74, 6) is 2.12. The highest BCUT2D eigenvalue weighted by Crippen LogP contribution is 2.44. The van der Waals surface area contributed by atoms with Gasteiger partial charge in [-0.05, 0) is 56.0 Å². The molecule has 4 heterocycles. The van der Waals surface area contributed by atoms with Gasteiger partial charge in [-0.15, -0.1) is 0 Å². The minimum atomic E-state index is -0.193. The highest BCUT2D eigenvalue weighted by Gasteiger charge is 2.48. The number of hydrogen-bond acceptors (Lipinski definition) is 3. The summed E-state index contributed by atoms with van der Waals surface area (Å²) in [6.45, 7) is 2.99. The second-order valence-corrected chi connectivity index (χ2v) is 10.0. The molecule has 1 aromatic heterocycles. The van der Waals surface area contributed by atoms with E-state index in [4.69, 9.17) is 0 Å². The van der Waals surface area contributed by atoms with Gasteiger partial charge in [-0.3, -0.25) is 14.5 Å². The number of nitrogens with one attached hydrogen (secondary N) is 1. The summed E-state index contributed by atoms with van der Waals surface area (Å²) in [4.78, 5) is 32.5. The Kier molecular flexibility index (Phi) is 5.51. The van der Waals surface area contributed by atoms with Crippen molar-refractivity contribution in [1.29, 1.82) is 0 Å². The number of hydrogen-bond donors (Lipinski definition) is 1. The van der Waals surface area contributed by atoms with E-state index in [1.54, 1.807) is 12.3 Å². The lowest BCUT2D eigenvalue weighted by Gasteiger charge is -2.57. The van der Waals surface area contributed by atoms with Gasteiger partial charge in [-0.1, -0.05) is 38.5 Å². The first kappa shape index (κ1) is 19.3. The molecule has 1 amide bonds. The fraction of sp³-hybridized carbons (Fsp3) is 0.750. The Morgan fingerprint density at radius 2 is 1.83 bits per heavy atom. The Morgan fingerprint density at radius 1 is 1.03 bits per heavy atom. The summed E-state index contributed by atoms with van der Waals surface area (Å²) >= 11 is 0. The minimum absolute atomic E-state index is 0.0477. The van der Waals surface area contributed by atoms with Crippen LogP contribution < -0.4 is 5.56 Å². The third-order valence-corrected chi connectivity index (χ3v) is 8.23. The van der Waals surface area contributed by atoms with Crippen LogP contribution in [0.3, 0.4) is 0 Å². The molecule has 29 heavy (non-hydrogen) atoms. The summed E-state index contributed by atoms with van der Waals surface area (Å²) in [7, 11) is 0. The van der Waals surface area contributed by atoms with E-state index >= 15 is 0 Å². The van der Waals surface area contributed by atoms with Crippen LogP contribution in [0.1, 0.15) is 74.6 Å². The van der Waals surface area contributed by atoms with Crippen LogP contribution in [0.5, 0.6) is 0 Å². The molecule has 0 radical (unpaired) electrons. The molecule has 0 spiro atoms. The first-order valence-corrected chi connectivity index (χ1v) is 11.9. The van der Waals surface area contributed by atoms with E-state index in [0.717, 1.165) is 19.0 Å². The van der Waals surface area contributed by atoms with Crippen LogP contribution in [0.15, 0.2) is 23.1 Å². The lowest BCUT2D eigenvalue weighted by Crippen LogP contribution is -2.64. The van der Waals surface area contributed by atoms with Gasteiger partial charge in [0.05, 0.1) is 0 Å². The third-order valence-electron chi connectivity index (χ3n) is 8.23. The van der Waals surface area contributed by atoms with E-state index in [2.05, 4.69) is 14.8 Å². The molecule has 1 N–H and O–H groups in total. The lowest BCUT2D eigenvalue weighted by atomic mass is 9.69. The van der Waals surface area contributed by atoms with E-state index in [9.17, 15) is 9.59 Å². The van der Waals surface area contributed by atoms with Crippen molar-refractivity contribution in [3.63, 3.8) is 0 Å². The van der Waals surface area contributed by atoms with Gasteiger partial charge >= 0.3 is 0 Å². The van der Waals surface area contributed by atoms with Crippen molar-refractivity contribution in [2.75, 3.05) is 19.6 Å². The Balaban J connectivity index is 1.37. The van der Waals surface area contributed by atoms with Gasteiger partial charge in [0, 0.05) is 43.0 Å². The number of piperidine rings is 3. The van der Waals surface area contributed by atoms with E-state index in [0.29, 0.717) is 29.5 Å². The van der Waals surface area contributed by atoms with Crippen molar-refractivity contribution in [2.24, 2.45) is 17.8 Å². The van der Waals surface area contributed by atoms with Crippen LogP contribution in [0.2, 0.25) is 0 Å². The van der Waals surface area contributed by atoms with Gasteiger partial charge in [0.1, 0.15) is 0 Å². The number of H-pyrrole nitrogens is 1. The van der Waals surface area contributed by atoms with Crippen LogP contribution in [0.4, 0.5) is 0 Å². The predicted octanol–water partition coefficient (Wildman–Crippen LogP) is 3.66. The summed E-state index contributed by atoms with van der Waals surface area (Å²) in [5, 5.41) is 0. The molecule has 2 bridgehead atoms. The predicted molar refractivity (Wildman–Crippen MR) is 114 cm³/mol. The molecular formula is C24H35N3O2. The summed E-state index contributed by atoms with van der Waals surface area (Å²) in [6.07, 6.45) is 15.2. The van der Waals surface area contributed by atoms with E-state index in [1.165, 1.54) is 76.8 Å². The number of fused-ring (bicyclic) bond motifs is 4. The zero-order valence-electron chi connectivity index (χ0n) is 17.5. The third kappa shape index (κ3) is 3.90. The molecular weight excluding hydrogens is 362 g/mol. The number of pyridine rings is 1. The number of nitrogens with zero attached hydrogens (tertiary/aromatic N) is 2. The molecule has 4 fully saturated rings. The van der Waals surface area contributed by atoms with Crippen LogP contribution in [0, 0.1) is 17.8 Å². The van der Waals surface area contributed by atoms with Crippen molar-refractivity contribution in [2.45, 2.75) is 76.3 Å². The Hall–Kier alpha value is -1.62. The van der Waals surface area contributed by atoms with Crippen LogP contribution in [0.25, 0.3) is 0 Å². The molecule has 0 aromatic carbocycles. The molecule has 1 aromatic rings. The molecule has 5 nitrogen and oxygen atoms in total. The number of amides is 1. The van der Waals surface area contributed by atoms with Crippen LogP contribution in [-0.2, 0) is 0 Å². The second-order valence-electron chi connectivity index (χ2n) is 10.0. The number of likely N-dealkylation sites (tertiary alicyclic amines) is 1. The smallest absolute Gasteiger partial charge is 0.254 e. The Morgan fingerprint density at radius 3 is 2.66 bits per heavy atom. The van der Waals surface area contributed by atoms with Gasteiger partial charge < -0.3 is 9.88 Å². The highest BCUT2D eigenvalue weighted by molar-refractivity contribution is 5.94. The van der Waals surface area contributed by atoms with Crippen molar-refractivity contribution in [3.8, 4) is 0 Å². The number of carbonyl (C=O) groups excluding carboxylic acids is 1. The molecule has 3 aliphatic heterocycles. The molecule has 0 unspecified atom stereocenters. The van der Waals surface area contributed by atoms with Gasteiger partial charge in [-0.25, -0.2) is 0 Å². The monoisotopic (exact) mass is 397 g/mol. The molecule has 4 atom stereocenters. The minimum Gasteiger partial charge on any atom is -0.338 e. The maximum Gasteiger partial charge on any atom is 0.254 e. The van der Waals surface area contributed by atoms with Crippen LogP contribution in [-0.4, -0.2) is 52.4 Å². The summed E-state index contributed by atoms with van der Waals surface area (Å²) in [5.41, 5.74) is 0.347. The number of aromatic nitrogens is 1. The van der Waals surface area contributed by atoms with Crippen molar-refractivity contribution in [3.05, 3.63) is 34.2 Å². The Labute approximate surface area is 173 Å². The molecule has 1 saturated carbocycles. The topological polar surface area (TPSA) is 56.4 Å². The van der Waals surface area contributed by atoms with Gasteiger partial charge in [0.25, 0.3) is 5.91 Å². The first-order chi connectivity index (χ1) is 14.2. The average molecular weight is 398 g/mol. The molecule has 3 saturated heterocycles. The molecule has 5 rings (SSSR count). The van der Waals surface area contributed by atoms with Gasteiger partial charge in [0.15, 0.2) is 0 Å². The zero-order chi connectivity index (χ0) is 19.8. The molecule has 5 heteroatoms. The second kappa shape index (κ2) is 8.25. The normalized spacial score (nSPS) is 33.3. The van der Waals surface area contributed by atoms with E-state index in [-0.39, 0.29) is 11.5 Å². The van der Waals surface area contributed by atoms with Gasteiger partial charge in [0.2, 0.25) is 5.56 Å². The van der Waals surface area contributed by atoms with Crippen molar-refractivity contribution in [1.82, 2.24) is 14.8 Å².